The number of carbonyl (C=O) groups excluding carboxylic acids is 1. The van der Waals surface area contributed by atoms with Crippen molar-refractivity contribution in [2.24, 2.45) is 0 Å². The van der Waals surface area contributed by atoms with Gasteiger partial charge in [0.2, 0.25) is 0 Å². The van der Waals surface area contributed by atoms with Gasteiger partial charge >= 0.3 is 5.97 Å². The van der Waals surface area contributed by atoms with Crippen molar-refractivity contribution in [2.75, 3.05) is 7.11 Å². The van der Waals surface area contributed by atoms with Gasteiger partial charge in [-0.05, 0) is 41.3 Å². The van der Waals surface area contributed by atoms with Gasteiger partial charge < -0.3 is 9.84 Å². The second-order valence-corrected chi connectivity index (χ2v) is 4.45. The van der Waals surface area contributed by atoms with E-state index in [1.807, 2.05) is 37.3 Å². The molecule has 1 N–H and O–H groups in total. The van der Waals surface area contributed by atoms with Crippen LogP contribution in [-0.2, 0) is 16.0 Å². The van der Waals surface area contributed by atoms with Gasteiger partial charge in [0.15, 0.2) is 0 Å². The number of methoxy groups -OCH3 is 1. The summed E-state index contributed by atoms with van der Waals surface area (Å²) in [6.07, 6.45) is 0.265. The molecule has 2 aromatic carbocycles. The third-order valence-corrected chi connectivity index (χ3v) is 3.02. The Balaban J connectivity index is 2.35. The summed E-state index contributed by atoms with van der Waals surface area (Å²) in [5.74, 6) is 0.00606. The van der Waals surface area contributed by atoms with E-state index in [1.165, 1.54) is 7.11 Å². The van der Waals surface area contributed by atoms with E-state index in [9.17, 15) is 9.90 Å². The van der Waals surface area contributed by atoms with Crippen LogP contribution in [0.4, 0.5) is 0 Å². The minimum absolute atomic E-state index is 0.250. The lowest BCUT2D eigenvalue weighted by Gasteiger charge is -2.08. The molecule has 2 aromatic rings. The molecule has 0 saturated carbocycles. The van der Waals surface area contributed by atoms with Crippen molar-refractivity contribution in [3.63, 3.8) is 0 Å². The molecule has 3 nitrogen and oxygen atoms in total. The van der Waals surface area contributed by atoms with Crippen molar-refractivity contribution in [3.05, 3.63) is 53.6 Å². The molecule has 0 fully saturated rings. The highest BCUT2D eigenvalue weighted by Gasteiger charge is 2.06. The smallest absolute Gasteiger partial charge is 0.309 e. The summed E-state index contributed by atoms with van der Waals surface area (Å²) in [6, 6.07) is 13.0. The van der Waals surface area contributed by atoms with Crippen molar-refractivity contribution in [2.45, 2.75) is 13.3 Å². The Morgan fingerprint density at radius 1 is 1.21 bits per heavy atom. The van der Waals surface area contributed by atoms with Gasteiger partial charge in [-0.2, -0.15) is 0 Å². The number of esters is 1. The van der Waals surface area contributed by atoms with E-state index in [4.69, 9.17) is 0 Å². The van der Waals surface area contributed by atoms with E-state index in [-0.39, 0.29) is 18.1 Å². The fraction of sp³-hybridized carbons (Fsp3) is 0.188. The SMILES string of the molecule is COC(=O)Cc1cccc(-c2ccc(O)cc2C)c1. The normalized spacial score (nSPS) is 10.2. The highest BCUT2D eigenvalue weighted by Crippen LogP contribution is 2.27. The summed E-state index contributed by atoms with van der Waals surface area (Å²) >= 11 is 0. The van der Waals surface area contributed by atoms with Crippen LogP contribution in [0, 0.1) is 6.92 Å². The molecule has 0 saturated heterocycles. The number of aromatic hydroxyl groups is 1. The molecule has 0 aliphatic rings. The van der Waals surface area contributed by atoms with Crippen molar-refractivity contribution < 1.29 is 14.6 Å². The van der Waals surface area contributed by atoms with Gasteiger partial charge in [-0.1, -0.05) is 30.3 Å². The van der Waals surface area contributed by atoms with E-state index in [1.54, 1.807) is 12.1 Å². The first kappa shape index (κ1) is 13.1. The Bertz CT molecular complexity index is 603. The Kier molecular flexibility index (Phi) is 3.85. The minimum Gasteiger partial charge on any atom is -0.508 e. The van der Waals surface area contributed by atoms with E-state index in [2.05, 4.69) is 4.74 Å². The summed E-state index contributed by atoms with van der Waals surface area (Å²) in [7, 11) is 1.39. The largest absolute Gasteiger partial charge is 0.508 e. The van der Waals surface area contributed by atoms with E-state index >= 15 is 0 Å². The van der Waals surface area contributed by atoms with Gasteiger partial charge in [0.1, 0.15) is 5.75 Å². The van der Waals surface area contributed by atoms with Crippen molar-refractivity contribution >= 4 is 5.97 Å². The standard InChI is InChI=1S/C16H16O3/c1-11-8-14(17)6-7-15(11)13-5-3-4-12(9-13)10-16(18)19-2/h3-9,17H,10H2,1-2H3. The van der Waals surface area contributed by atoms with Gasteiger partial charge in [-0.3, -0.25) is 4.79 Å². The van der Waals surface area contributed by atoms with E-state index in [0.717, 1.165) is 22.3 Å². The topological polar surface area (TPSA) is 46.5 Å². The zero-order valence-electron chi connectivity index (χ0n) is 11.0. The third-order valence-electron chi connectivity index (χ3n) is 3.02. The number of hydrogen-bond acceptors (Lipinski definition) is 3. The number of carbonyl (C=O) groups is 1. The number of phenols is 1. The van der Waals surface area contributed by atoms with Crippen LogP contribution in [0.15, 0.2) is 42.5 Å². The van der Waals surface area contributed by atoms with Crippen LogP contribution >= 0.6 is 0 Å². The van der Waals surface area contributed by atoms with Crippen LogP contribution in [0.25, 0.3) is 11.1 Å². The average Bonchev–Trinajstić information content (AvgIpc) is 2.39. The van der Waals surface area contributed by atoms with Crippen LogP contribution in [0.5, 0.6) is 5.75 Å². The summed E-state index contributed by atoms with van der Waals surface area (Å²) in [4.78, 5) is 11.3. The number of ether oxygens (including phenoxy) is 1. The predicted octanol–water partition coefficient (Wildman–Crippen LogP) is 3.08. The van der Waals surface area contributed by atoms with Crippen LogP contribution < -0.4 is 0 Å². The monoisotopic (exact) mass is 256 g/mol. The molecule has 98 valence electrons. The Morgan fingerprint density at radius 3 is 2.68 bits per heavy atom. The summed E-state index contributed by atoms with van der Waals surface area (Å²) in [5, 5.41) is 9.43. The molecule has 0 aromatic heterocycles. The Labute approximate surface area is 112 Å². The summed E-state index contributed by atoms with van der Waals surface area (Å²) in [5.41, 5.74) is 3.98. The molecule has 0 spiro atoms. The highest BCUT2D eigenvalue weighted by molar-refractivity contribution is 5.74. The lowest BCUT2D eigenvalue weighted by atomic mass is 9.98. The van der Waals surface area contributed by atoms with Crippen LogP contribution in [0.2, 0.25) is 0 Å². The van der Waals surface area contributed by atoms with Crippen LogP contribution in [0.3, 0.4) is 0 Å². The fourth-order valence-corrected chi connectivity index (χ4v) is 2.06. The number of hydrogen-bond donors (Lipinski definition) is 1. The number of aryl methyl sites for hydroxylation is 1. The first-order valence-electron chi connectivity index (χ1n) is 6.06. The molecule has 0 unspecified atom stereocenters. The highest BCUT2D eigenvalue weighted by atomic mass is 16.5. The molecule has 0 amide bonds. The quantitative estimate of drug-likeness (QED) is 0.858. The predicted molar refractivity (Wildman–Crippen MR) is 74.0 cm³/mol. The van der Waals surface area contributed by atoms with E-state index in [0.29, 0.717) is 0 Å². The molecule has 0 radical (unpaired) electrons. The number of benzene rings is 2. The van der Waals surface area contributed by atoms with Gasteiger partial charge in [0.25, 0.3) is 0 Å². The molecule has 0 atom stereocenters. The summed E-state index contributed by atoms with van der Waals surface area (Å²) in [6.45, 7) is 1.95. The lowest BCUT2D eigenvalue weighted by Crippen LogP contribution is -2.04. The summed E-state index contributed by atoms with van der Waals surface area (Å²) < 4.78 is 4.67. The Morgan fingerprint density at radius 2 is 2.00 bits per heavy atom. The second kappa shape index (κ2) is 5.57. The maximum Gasteiger partial charge on any atom is 0.309 e. The van der Waals surface area contributed by atoms with Gasteiger partial charge in [0.05, 0.1) is 13.5 Å². The molecule has 0 aliphatic heterocycles. The number of rotatable bonds is 3. The molecule has 0 aliphatic carbocycles. The second-order valence-electron chi connectivity index (χ2n) is 4.45. The molecule has 0 bridgehead atoms. The van der Waals surface area contributed by atoms with Crippen LogP contribution in [0.1, 0.15) is 11.1 Å². The lowest BCUT2D eigenvalue weighted by molar-refractivity contribution is -0.139. The van der Waals surface area contributed by atoms with Crippen molar-refractivity contribution in [3.8, 4) is 16.9 Å². The molecule has 3 heteroatoms. The zero-order valence-corrected chi connectivity index (χ0v) is 11.0. The fourth-order valence-electron chi connectivity index (χ4n) is 2.06. The van der Waals surface area contributed by atoms with Gasteiger partial charge in [0, 0.05) is 0 Å². The first-order valence-corrected chi connectivity index (χ1v) is 6.06. The Hall–Kier alpha value is -2.29. The van der Waals surface area contributed by atoms with Crippen molar-refractivity contribution in [1.29, 1.82) is 0 Å². The first-order chi connectivity index (χ1) is 9.10. The molecular formula is C16H16O3. The van der Waals surface area contributed by atoms with Crippen LogP contribution in [-0.4, -0.2) is 18.2 Å². The van der Waals surface area contributed by atoms with Gasteiger partial charge in [-0.15, -0.1) is 0 Å². The van der Waals surface area contributed by atoms with Crippen molar-refractivity contribution in [1.82, 2.24) is 0 Å². The van der Waals surface area contributed by atoms with E-state index < -0.39 is 0 Å². The molecule has 2 rings (SSSR count). The average molecular weight is 256 g/mol. The third kappa shape index (κ3) is 3.13. The maximum atomic E-state index is 11.3. The van der Waals surface area contributed by atoms with Gasteiger partial charge in [-0.25, -0.2) is 0 Å². The molecular weight excluding hydrogens is 240 g/mol. The maximum absolute atomic E-state index is 11.3. The molecule has 19 heavy (non-hydrogen) atoms. The minimum atomic E-state index is -0.250. The number of phenolic OH excluding ortho intramolecular Hbond substituents is 1. The molecule has 0 heterocycles. The zero-order chi connectivity index (χ0) is 13.8.